The molecule has 1 heterocycles. The van der Waals surface area contributed by atoms with Gasteiger partial charge in [0.05, 0.1) is 0 Å². The zero-order valence-electron chi connectivity index (χ0n) is 11.5. The molecule has 2 saturated carbocycles. The molecule has 98 valence electrons. The van der Waals surface area contributed by atoms with Crippen LogP contribution in [0.5, 0.6) is 0 Å². The Balaban J connectivity index is 1.51. The molecule has 1 saturated heterocycles. The second-order valence-corrected chi connectivity index (χ2v) is 6.82. The Kier molecular flexibility index (Phi) is 3.45. The SMILES string of the molecule is CC1CCC(C)N(C2CCC2CNC2CC2)C1. The lowest BCUT2D eigenvalue weighted by molar-refractivity contribution is -0.00179. The summed E-state index contributed by atoms with van der Waals surface area (Å²) < 4.78 is 0. The smallest absolute Gasteiger partial charge is 0.0139 e. The molecule has 0 radical (unpaired) electrons. The van der Waals surface area contributed by atoms with Crippen LogP contribution < -0.4 is 5.32 Å². The summed E-state index contributed by atoms with van der Waals surface area (Å²) in [5, 5.41) is 3.73. The largest absolute Gasteiger partial charge is 0.314 e. The Morgan fingerprint density at radius 2 is 1.82 bits per heavy atom. The van der Waals surface area contributed by atoms with E-state index in [-0.39, 0.29) is 0 Å². The molecule has 0 aromatic heterocycles. The molecule has 2 aliphatic carbocycles. The van der Waals surface area contributed by atoms with Crippen LogP contribution in [0.4, 0.5) is 0 Å². The molecule has 3 fully saturated rings. The lowest BCUT2D eigenvalue weighted by atomic mass is 9.76. The number of hydrogen-bond donors (Lipinski definition) is 1. The van der Waals surface area contributed by atoms with E-state index in [0.29, 0.717) is 0 Å². The van der Waals surface area contributed by atoms with E-state index in [1.807, 2.05) is 0 Å². The Hall–Kier alpha value is -0.0800. The average molecular weight is 236 g/mol. The van der Waals surface area contributed by atoms with Crippen LogP contribution in [0.25, 0.3) is 0 Å². The van der Waals surface area contributed by atoms with E-state index in [9.17, 15) is 0 Å². The first kappa shape index (κ1) is 12.0. The number of piperidine rings is 1. The van der Waals surface area contributed by atoms with Gasteiger partial charge in [0.15, 0.2) is 0 Å². The van der Waals surface area contributed by atoms with Crippen molar-refractivity contribution >= 4 is 0 Å². The summed E-state index contributed by atoms with van der Waals surface area (Å²) >= 11 is 0. The Labute approximate surface area is 106 Å². The lowest BCUT2D eigenvalue weighted by Gasteiger charge is -2.50. The van der Waals surface area contributed by atoms with Crippen LogP contribution in [0.15, 0.2) is 0 Å². The van der Waals surface area contributed by atoms with Crippen molar-refractivity contribution in [1.82, 2.24) is 10.2 Å². The van der Waals surface area contributed by atoms with Crippen LogP contribution >= 0.6 is 0 Å². The molecule has 1 N–H and O–H groups in total. The topological polar surface area (TPSA) is 15.3 Å². The zero-order chi connectivity index (χ0) is 11.8. The van der Waals surface area contributed by atoms with E-state index in [0.717, 1.165) is 30.0 Å². The van der Waals surface area contributed by atoms with Gasteiger partial charge in [0.25, 0.3) is 0 Å². The van der Waals surface area contributed by atoms with Gasteiger partial charge >= 0.3 is 0 Å². The molecule has 0 aromatic carbocycles. The van der Waals surface area contributed by atoms with E-state index in [2.05, 4.69) is 24.1 Å². The molecular weight excluding hydrogens is 208 g/mol. The number of hydrogen-bond acceptors (Lipinski definition) is 2. The van der Waals surface area contributed by atoms with Crippen molar-refractivity contribution in [3.05, 3.63) is 0 Å². The van der Waals surface area contributed by atoms with Crippen molar-refractivity contribution in [2.45, 2.75) is 70.5 Å². The molecule has 0 aromatic rings. The minimum Gasteiger partial charge on any atom is -0.314 e. The number of likely N-dealkylation sites (tertiary alicyclic amines) is 1. The van der Waals surface area contributed by atoms with Crippen LogP contribution in [0.2, 0.25) is 0 Å². The highest BCUT2D eigenvalue weighted by atomic mass is 15.2. The van der Waals surface area contributed by atoms with E-state index < -0.39 is 0 Å². The maximum Gasteiger partial charge on any atom is 0.0139 e. The summed E-state index contributed by atoms with van der Waals surface area (Å²) in [6.07, 6.45) is 8.62. The number of nitrogens with zero attached hydrogens (tertiary/aromatic N) is 1. The molecule has 0 spiro atoms. The normalized spacial score (nSPS) is 43.4. The van der Waals surface area contributed by atoms with Gasteiger partial charge in [-0.3, -0.25) is 4.90 Å². The van der Waals surface area contributed by atoms with E-state index in [1.165, 1.54) is 51.6 Å². The Morgan fingerprint density at radius 1 is 1.00 bits per heavy atom. The fraction of sp³-hybridized carbons (Fsp3) is 1.00. The van der Waals surface area contributed by atoms with Gasteiger partial charge < -0.3 is 5.32 Å². The van der Waals surface area contributed by atoms with Gasteiger partial charge in [-0.1, -0.05) is 6.92 Å². The standard InChI is InChI=1S/C15H28N2/c1-11-3-4-12(2)17(10-11)15-8-5-13(15)9-16-14-6-7-14/h11-16H,3-10H2,1-2H3. The molecule has 4 atom stereocenters. The highest BCUT2D eigenvalue weighted by molar-refractivity contribution is 4.95. The van der Waals surface area contributed by atoms with Crippen LogP contribution in [0.1, 0.15) is 52.4 Å². The molecule has 1 aliphatic heterocycles. The molecule has 3 rings (SSSR count). The lowest BCUT2D eigenvalue weighted by Crippen LogP contribution is -2.56. The summed E-state index contributed by atoms with van der Waals surface area (Å²) in [6, 6.07) is 2.62. The monoisotopic (exact) mass is 236 g/mol. The Bertz CT molecular complexity index is 262. The highest BCUT2D eigenvalue weighted by Gasteiger charge is 2.39. The predicted molar refractivity (Wildman–Crippen MR) is 72.1 cm³/mol. The van der Waals surface area contributed by atoms with Gasteiger partial charge in [0, 0.05) is 24.7 Å². The first-order valence-electron chi connectivity index (χ1n) is 7.73. The van der Waals surface area contributed by atoms with Gasteiger partial charge in [-0.2, -0.15) is 0 Å². The van der Waals surface area contributed by atoms with Crippen LogP contribution in [-0.4, -0.2) is 36.1 Å². The second-order valence-electron chi connectivity index (χ2n) is 6.82. The van der Waals surface area contributed by atoms with E-state index >= 15 is 0 Å². The molecule has 4 unspecified atom stereocenters. The molecule has 17 heavy (non-hydrogen) atoms. The summed E-state index contributed by atoms with van der Waals surface area (Å²) in [5.41, 5.74) is 0. The maximum atomic E-state index is 3.73. The third-order valence-corrected chi connectivity index (χ3v) is 5.22. The second kappa shape index (κ2) is 4.89. The van der Waals surface area contributed by atoms with Crippen molar-refractivity contribution < 1.29 is 0 Å². The van der Waals surface area contributed by atoms with Gasteiger partial charge in [-0.05, 0) is 63.8 Å². The zero-order valence-corrected chi connectivity index (χ0v) is 11.5. The van der Waals surface area contributed by atoms with Gasteiger partial charge in [-0.25, -0.2) is 0 Å². The predicted octanol–water partition coefficient (Wildman–Crippen LogP) is 2.64. The molecule has 3 aliphatic rings. The number of rotatable bonds is 4. The van der Waals surface area contributed by atoms with Crippen molar-refractivity contribution in [2.75, 3.05) is 13.1 Å². The van der Waals surface area contributed by atoms with E-state index in [4.69, 9.17) is 0 Å². The minimum atomic E-state index is 0.833. The fourth-order valence-corrected chi connectivity index (χ4v) is 3.62. The molecular formula is C15H28N2. The molecule has 0 bridgehead atoms. The quantitative estimate of drug-likeness (QED) is 0.807. The summed E-state index contributed by atoms with van der Waals surface area (Å²) in [4.78, 5) is 2.83. The van der Waals surface area contributed by atoms with Crippen molar-refractivity contribution in [3.63, 3.8) is 0 Å². The average Bonchev–Trinajstić information content (AvgIpc) is 3.06. The minimum absolute atomic E-state index is 0.833. The third-order valence-electron chi connectivity index (χ3n) is 5.22. The van der Waals surface area contributed by atoms with Crippen LogP contribution in [-0.2, 0) is 0 Å². The van der Waals surface area contributed by atoms with Crippen molar-refractivity contribution in [2.24, 2.45) is 11.8 Å². The molecule has 2 heteroatoms. The van der Waals surface area contributed by atoms with Gasteiger partial charge in [0.1, 0.15) is 0 Å². The summed E-state index contributed by atoms with van der Waals surface area (Å²) in [7, 11) is 0. The summed E-state index contributed by atoms with van der Waals surface area (Å²) in [6.45, 7) is 7.50. The van der Waals surface area contributed by atoms with Gasteiger partial charge in [-0.15, -0.1) is 0 Å². The number of nitrogens with one attached hydrogen (secondary N) is 1. The van der Waals surface area contributed by atoms with Crippen LogP contribution in [0, 0.1) is 11.8 Å². The molecule has 0 amide bonds. The van der Waals surface area contributed by atoms with Gasteiger partial charge in [0.2, 0.25) is 0 Å². The molecule has 2 nitrogen and oxygen atoms in total. The third kappa shape index (κ3) is 2.68. The fourth-order valence-electron chi connectivity index (χ4n) is 3.62. The van der Waals surface area contributed by atoms with Crippen molar-refractivity contribution in [3.8, 4) is 0 Å². The van der Waals surface area contributed by atoms with E-state index in [1.54, 1.807) is 0 Å². The van der Waals surface area contributed by atoms with Crippen LogP contribution in [0.3, 0.4) is 0 Å². The first-order chi connectivity index (χ1) is 8.24. The van der Waals surface area contributed by atoms with Crippen molar-refractivity contribution in [1.29, 1.82) is 0 Å². The Morgan fingerprint density at radius 3 is 2.47 bits per heavy atom. The summed E-state index contributed by atoms with van der Waals surface area (Å²) in [5.74, 6) is 1.87. The first-order valence-corrected chi connectivity index (χ1v) is 7.73. The maximum absolute atomic E-state index is 3.73. The highest BCUT2D eigenvalue weighted by Crippen LogP contribution is 2.37.